The van der Waals surface area contributed by atoms with Gasteiger partial charge in [-0.1, -0.05) is 49.2 Å². The molecule has 0 fully saturated rings. The van der Waals surface area contributed by atoms with Crippen molar-refractivity contribution in [3.63, 3.8) is 0 Å². The number of hydrogen-bond acceptors (Lipinski definition) is 4. The Morgan fingerprint density at radius 3 is 1.28 bits per heavy atom. The van der Waals surface area contributed by atoms with Crippen LogP contribution in [0.3, 0.4) is 0 Å². The summed E-state index contributed by atoms with van der Waals surface area (Å²) in [5.74, 6) is 2.06. The highest BCUT2D eigenvalue weighted by Crippen LogP contribution is 2.23. The fourth-order valence-electron chi connectivity index (χ4n) is 3.89. The van der Waals surface area contributed by atoms with Gasteiger partial charge >= 0.3 is 0 Å². The lowest BCUT2D eigenvalue weighted by atomic mass is 10.1. The zero-order valence-corrected chi connectivity index (χ0v) is 21.1. The maximum absolute atomic E-state index is 6.04. The van der Waals surface area contributed by atoms with Crippen molar-refractivity contribution in [3.05, 3.63) is 58.7 Å². The maximum atomic E-state index is 6.04. The Bertz CT molecular complexity index is 698. The van der Waals surface area contributed by atoms with Crippen LogP contribution in [0.5, 0.6) is 11.5 Å². The van der Waals surface area contributed by atoms with Gasteiger partial charge in [0.15, 0.2) is 0 Å². The van der Waals surface area contributed by atoms with Gasteiger partial charge in [-0.05, 0) is 89.7 Å². The molecule has 32 heavy (non-hydrogen) atoms. The molecule has 0 aliphatic heterocycles. The first kappa shape index (κ1) is 26.2. The minimum Gasteiger partial charge on any atom is -0.491 e. The molecule has 2 unspecified atom stereocenters. The van der Waals surface area contributed by atoms with Crippen LogP contribution in [0.2, 0.25) is 0 Å². The highest BCUT2D eigenvalue weighted by molar-refractivity contribution is 5.40. The first-order valence-electron chi connectivity index (χ1n) is 12.2. The molecule has 2 aromatic rings. The fourth-order valence-corrected chi connectivity index (χ4v) is 3.89. The van der Waals surface area contributed by atoms with Crippen molar-refractivity contribution in [2.75, 3.05) is 26.3 Å². The molecule has 0 heterocycles. The molecule has 2 aromatic carbocycles. The van der Waals surface area contributed by atoms with E-state index < -0.39 is 0 Å². The van der Waals surface area contributed by atoms with Crippen molar-refractivity contribution in [3.8, 4) is 11.5 Å². The molecule has 178 valence electrons. The van der Waals surface area contributed by atoms with E-state index in [9.17, 15) is 0 Å². The van der Waals surface area contributed by atoms with Crippen molar-refractivity contribution in [1.29, 1.82) is 0 Å². The summed E-state index contributed by atoms with van der Waals surface area (Å²) in [6.45, 7) is 16.3. The number of nitrogens with one attached hydrogen (secondary N) is 2. The van der Waals surface area contributed by atoms with Gasteiger partial charge in [0, 0.05) is 12.1 Å². The Morgan fingerprint density at radius 2 is 0.938 bits per heavy atom. The molecule has 0 amide bonds. The number of ether oxygens (including phenoxy) is 2. The molecule has 4 heteroatoms. The molecule has 0 radical (unpaired) electrons. The molecule has 4 nitrogen and oxygen atoms in total. The van der Waals surface area contributed by atoms with E-state index in [1.165, 1.54) is 47.9 Å². The Kier molecular flexibility index (Phi) is 11.6. The van der Waals surface area contributed by atoms with Gasteiger partial charge in [0.1, 0.15) is 24.7 Å². The van der Waals surface area contributed by atoms with E-state index in [0.29, 0.717) is 25.3 Å². The molecule has 0 aliphatic rings. The van der Waals surface area contributed by atoms with Crippen molar-refractivity contribution < 1.29 is 9.47 Å². The van der Waals surface area contributed by atoms with Gasteiger partial charge in [0.25, 0.3) is 0 Å². The zero-order chi connectivity index (χ0) is 23.3. The van der Waals surface area contributed by atoms with E-state index >= 15 is 0 Å². The monoisotopic (exact) mass is 440 g/mol. The molecular weight excluding hydrogens is 396 g/mol. The summed E-state index contributed by atoms with van der Waals surface area (Å²) in [4.78, 5) is 0. The van der Waals surface area contributed by atoms with Gasteiger partial charge in [-0.3, -0.25) is 0 Å². The normalized spacial score (nSPS) is 13.1. The summed E-state index contributed by atoms with van der Waals surface area (Å²) >= 11 is 0. The Morgan fingerprint density at radius 1 is 0.594 bits per heavy atom. The number of benzene rings is 2. The Labute approximate surface area is 196 Å². The van der Waals surface area contributed by atoms with Crippen LogP contribution in [0.1, 0.15) is 61.8 Å². The molecular formula is C28H44N2O2. The van der Waals surface area contributed by atoms with Gasteiger partial charge in [-0.15, -0.1) is 0 Å². The van der Waals surface area contributed by atoms with E-state index in [2.05, 4.69) is 88.6 Å². The summed E-state index contributed by atoms with van der Waals surface area (Å²) < 4.78 is 12.1. The summed E-state index contributed by atoms with van der Waals surface area (Å²) in [6, 6.07) is 13.3. The average molecular weight is 441 g/mol. The minimum absolute atomic E-state index is 0.355. The fraction of sp³-hybridized carbons (Fsp3) is 0.571. The third-order valence-electron chi connectivity index (χ3n) is 5.86. The van der Waals surface area contributed by atoms with Crippen LogP contribution in [0.4, 0.5) is 0 Å². The van der Waals surface area contributed by atoms with Gasteiger partial charge in [-0.2, -0.15) is 0 Å². The van der Waals surface area contributed by atoms with Crippen molar-refractivity contribution in [2.24, 2.45) is 0 Å². The summed E-state index contributed by atoms with van der Waals surface area (Å²) in [7, 11) is 0. The molecule has 0 aromatic heterocycles. The van der Waals surface area contributed by atoms with Crippen LogP contribution < -0.4 is 20.1 Å². The van der Waals surface area contributed by atoms with Crippen LogP contribution >= 0.6 is 0 Å². The second-order valence-electron chi connectivity index (χ2n) is 9.19. The van der Waals surface area contributed by atoms with Crippen LogP contribution in [0.25, 0.3) is 0 Å². The summed E-state index contributed by atoms with van der Waals surface area (Å²) in [5, 5.41) is 7.17. The van der Waals surface area contributed by atoms with Gasteiger partial charge in [-0.25, -0.2) is 0 Å². The molecule has 2 atom stereocenters. The SMILES string of the molecule is Cc1cccc(C)c1OCC(C)NCCCCCCNC(C)COc1c(C)cccc1C. The number of aryl methyl sites for hydroxylation is 4. The summed E-state index contributed by atoms with van der Waals surface area (Å²) in [6.07, 6.45) is 4.93. The lowest BCUT2D eigenvalue weighted by Gasteiger charge is -2.18. The minimum atomic E-state index is 0.355. The van der Waals surface area contributed by atoms with Gasteiger partial charge in [0.05, 0.1) is 0 Å². The molecule has 0 saturated heterocycles. The van der Waals surface area contributed by atoms with E-state index in [1.807, 2.05) is 0 Å². The lowest BCUT2D eigenvalue weighted by molar-refractivity contribution is 0.268. The van der Waals surface area contributed by atoms with Crippen molar-refractivity contribution in [1.82, 2.24) is 10.6 Å². The average Bonchev–Trinajstić information content (AvgIpc) is 2.75. The van der Waals surface area contributed by atoms with E-state index in [0.717, 1.165) is 24.6 Å². The lowest BCUT2D eigenvalue weighted by Crippen LogP contribution is -2.33. The van der Waals surface area contributed by atoms with Crippen LogP contribution in [0, 0.1) is 27.7 Å². The highest BCUT2D eigenvalue weighted by atomic mass is 16.5. The maximum Gasteiger partial charge on any atom is 0.125 e. The topological polar surface area (TPSA) is 42.5 Å². The largest absolute Gasteiger partial charge is 0.491 e. The molecule has 2 rings (SSSR count). The third-order valence-corrected chi connectivity index (χ3v) is 5.86. The quantitative estimate of drug-likeness (QED) is 0.339. The molecule has 0 spiro atoms. The Hall–Kier alpha value is -2.04. The third kappa shape index (κ3) is 9.22. The van der Waals surface area contributed by atoms with E-state index in [-0.39, 0.29) is 0 Å². The number of rotatable bonds is 15. The summed E-state index contributed by atoms with van der Waals surface area (Å²) in [5.41, 5.74) is 4.82. The predicted molar refractivity (Wildman–Crippen MR) is 136 cm³/mol. The first-order chi connectivity index (χ1) is 15.4. The molecule has 0 aliphatic carbocycles. The second kappa shape index (κ2) is 14.2. The van der Waals surface area contributed by atoms with Crippen molar-refractivity contribution in [2.45, 2.75) is 79.3 Å². The molecule has 2 N–H and O–H groups in total. The van der Waals surface area contributed by atoms with Crippen LogP contribution in [-0.2, 0) is 0 Å². The number of unbranched alkanes of at least 4 members (excludes halogenated alkanes) is 3. The molecule has 0 saturated carbocycles. The van der Waals surface area contributed by atoms with Crippen molar-refractivity contribution >= 4 is 0 Å². The Balaban J connectivity index is 1.47. The van der Waals surface area contributed by atoms with Gasteiger partial charge in [0.2, 0.25) is 0 Å². The van der Waals surface area contributed by atoms with E-state index in [4.69, 9.17) is 9.47 Å². The predicted octanol–water partition coefficient (Wildman–Crippen LogP) is 5.89. The molecule has 0 bridgehead atoms. The van der Waals surface area contributed by atoms with Gasteiger partial charge < -0.3 is 20.1 Å². The number of para-hydroxylation sites is 2. The van der Waals surface area contributed by atoms with Crippen LogP contribution in [0.15, 0.2) is 36.4 Å². The standard InChI is InChI=1S/C28H44N2O2/c1-21-13-11-14-22(2)27(21)31-19-25(5)29-17-9-7-8-10-18-30-26(6)20-32-28-23(3)15-12-16-24(28)4/h11-16,25-26,29-30H,7-10,17-20H2,1-6H3. The highest BCUT2D eigenvalue weighted by Gasteiger charge is 2.08. The zero-order valence-electron chi connectivity index (χ0n) is 21.1. The number of hydrogen-bond donors (Lipinski definition) is 2. The first-order valence-corrected chi connectivity index (χ1v) is 12.2. The second-order valence-corrected chi connectivity index (χ2v) is 9.19. The van der Waals surface area contributed by atoms with E-state index in [1.54, 1.807) is 0 Å². The smallest absolute Gasteiger partial charge is 0.125 e. The van der Waals surface area contributed by atoms with Crippen LogP contribution in [-0.4, -0.2) is 38.4 Å².